The Morgan fingerprint density at radius 3 is 1.89 bits per heavy atom. The summed E-state index contributed by atoms with van der Waals surface area (Å²) >= 11 is 0. The SMILES string of the molecule is C1=CC=C(C2CCCCCCCCCCC2)NC=C1. The number of rotatable bonds is 1. The predicted octanol–water partition coefficient (Wildman–Crippen LogP) is 5.46. The summed E-state index contributed by atoms with van der Waals surface area (Å²) in [6.07, 6.45) is 26.3. The van der Waals surface area contributed by atoms with Crippen LogP contribution in [-0.4, -0.2) is 0 Å². The van der Waals surface area contributed by atoms with Crippen molar-refractivity contribution in [1.82, 2.24) is 5.32 Å². The number of hydrogen-bond donors (Lipinski definition) is 1. The van der Waals surface area contributed by atoms with Crippen molar-refractivity contribution in [2.24, 2.45) is 5.92 Å². The highest BCUT2D eigenvalue weighted by Gasteiger charge is 2.13. The van der Waals surface area contributed by atoms with E-state index < -0.39 is 0 Å². The Balaban J connectivity index is 1.89. The summed E-state index contributed by atoms with van der Waals surface area (Å²) in [6, 6.07) is 0. The first-order chi connectivity index (χ1) is 9.47. The highest BCUT2D eigenvalue weighted by Crippen LogP contribution is 2.26. The molecule has 1 fully saturated rings. The summed E-state index contributed by atoms with van der Waals surface area (Å²) in [5.41, 5.74) is 1.43. The van der Waals surface area contributed by atoms with Crippen LogP contribution >= 0.6 is 0 Å². The molecule has 1 N–H and O–H groups in total. The summed E-state index contributed by atoms with van der Waals surface area (Å²) < 4.78 is 0. The van der Waals surface area contributed by atoms with Crippen LogP contribution in [0.1, 0.15) is 70.6 Å². The monoisotopic (exact) mass is 259 g/mol. The summed E-state index contributed by atoms with van der Waals surface area (Å²) in [5.74, 6) is 0.742. The van der Waals surface area contributed by atoms with E-state index in [0.29, 0.717) is 0 Å². The molecule has 0 aromatic rings. The van der Waals surface area contributed by atoms with Crippen molar-refractivity contribution in [3.8, 4) is 0 Å². The Kier molecular flexibility index (Phi) is 6.84. The number of allylic oxidation sites excluding steroid dienone is 5. The van der Waals surface area contributed by atoms with E-state index in [9.17, 15) is 0 Å². The molecule has 0 spiro atoms. The van der Waals surface area contributed by atoms with Gasteiger partial charge in [0.15, 0.2) is 0 Å². The third kappa shape index (κ3) is 5.67. The molecule has 0 saturated heterocycles. The molecule has 1 heterocycles. The molecule has 0 radical (unpaired) electrons. The summed E-state index contributed by atoms with van der Waals surface area (Å²) in [7, 11) is 0. The minimum Gasteiger partial charge on any atom is -0.365 e. The van der Waals surface area contributed by atoms with Gasteiger partial charge in [-0.15, -0.1) is 0 Å². The van der Waals surface area contributed by atoms with Gasteiger partial charge in [-0.1, -0.05) is 69.9 Å². The lowest BCUT2D eigenvalue weighted by Gasteiger charge is -2.21. The van der Waals surface area contributed by atoms with Gasteiger partial charge in [0, 0.05) is 11.9 Å². The molecule has 2 rings (SSSR count). The predicted molar refractivity (Wildman–Crippen MR) is 83.8 cm³/mol. The van der Waals surface area contributed by atoms with Crippen LogP contribution in [0.5, 0.6) is 0 Å². The Morgan fingerprint density at radius 2 is 1.26 bits per heavy atom. The zero-order chi connectivity index (χ0) is 13.2. The van der Waals surface area contributed by atoms with E-state index in [1.165, 1.54) is 76.3 Å². The summed E-state index contributed by atoms with van der Waals surface area (Å²) in [4.78, 5) is 0. The molecule has 1 nitrogen and oxygen atoms in total. The van der Waals surface area contributed by atoms with Crippen molar-refractivity contribution in [2.75, 3.05) is 0 Å². The second-order valence-corrected chi connectivity index (χ2v) is 5.97. The van der Waals surface area contributed by atoms with Gasteiger partial charge in [-0.05, 0) is 30.9 Å². The van der Waals surface area contributed by atoms with Crippen LogP contribution in [0, 0.1) is 5.92 Å². The van der Waals surface area contributed by atoms with Crippen LogP contribution in [0.3, 0.4) is 0 Å². The maximum atomic E-state index is 3.48. The fourth-order valence-corrected chi connectivity index (χ4v) is 3.20. The Hall–Kier alpha value is -0.980. The highest BCUT2D eigenvalue weighted by atomic mass is 14.9. The molecule has 19 heavy (non-hydrogen) atoms. The number of hydrogen-bond acceptors (Lipinski definition) is 1. The smallest absolute Gasteiger partial charge is 0.0178 e. The van der Waals surface area contributed by atoms with Crippen molar-refractivity contribution < 1.29 is 0 Å². The van der Waals surface area contributed by atoms with Crippen molar-refractivity contribution in [3.05, 3.63) is 36.2 Å². The first kappa shape index (κ1) is 14.4. The van der Waals surface area contributed by atoms with Crippen molar-refractivity contribution >= 4 is 0 Å². The van der Waals surface area contributed by atoms with E-state index in [4.69, 9.17) is 0 Å². The van der Waals surface area contributed by atoms with Gasteiger partial charge in [0.1, 0.15) is 0 Å². The lowest BCUT2D eigenvalue weighted by atomic mass is 9.90. The highest BCUT2D eigenvalue weighted by molar-refractivity contribution is 5.22. The van der Waals surface area contributed by atoms with E-state index in [1.807, 2.05) is 0 Å². The Labute approximate surface area is 118 Å². The molecule has 1 heteroatoms. The quantitative estimate of drug-likeness (QED) is 0.659. The van der Waals surface area contributed by atoms with Gasteiger partial charge in [0.25, 0.3) is 0 Å². The van der Waals surface area contributed by atoms with E-state index in [-0.39, 0.29) is 0 Å². The topological polar surface area (TPSA) is 12.0 Å². The van der Waals surface area contributed by atoms with Gasteiger partial charge in [-0.3, -0.25) is 0 Å². The van der Waals surface area contributed by atoms with Gasteiger partial charge >= 0.3 is 0 Å². The Bertz CT molecular complexity index is 313. The number of nitrogens with one attached hydrogen (secondary N) is 1. The average Bonchev–Trinajstić information content (AvgIpc) is 2.68. The molecular weight excluding hydrogens is 230 g/mol. The van der Waals surface area contributed by atoms with Crippen LogP contribution in [0.2, 0.25) is 0 Å². The lowest BCUT2D eigenvalue weighted by molar-refractivity contribution is 0.426. The van der Waals surface area contributed by atoms with Crippen molar-refractivity contribution in [3.63, 3.8) is 0 Å². The maximum Gasteiger partial charge on any atom is 0.0178 e. The van der Waals surface area contributed by atoms with Gasteiger partial charge < -0.3 is 5.32 Å². The maximum absolute atomic E-state index is 3.48. The lowest BCUT2D eigenvalue weighted by Crippen LogP contribution is -2.15. The van der Waals surface area contributed by atoms with Crippen molar-refractivity contribution in [1.29, 1.82) is 0 Å². The molecule has 1 aliphatic heterocycles. The molecule has 0 atom stereocenters. The van der Waals surface area contributed by atoms with Crippen LogP contribution in [0.25, 0.3) is 0 Å². The third-order valence-electron chi connectivity index (χ3n) is 4.39. The molecule has 0 amide bonds. The fraction of sp³-hybridized carbons (Fsp3) is 0.667. The molecule has 1 aliphatic carbocycles. The zero-order valence-corrected chi connectivity index (χ0v) is 12.2. The largest absolute Gasteiger partial charge is 0.365 e. The average molecular weight is 259 g/mol. The van der Waals surface area contributed by atoms with Gasteiger partial charge in [0.2, 0.25) is 0 Å². The first-order valence-electron chi connectivity index (χ1n) is 8.27. The minimum absolute atomic E-state index is 0.742. The molecule has 0 aromatic carbocycles. The second-order valence-electron chi connectivity index (χ2n) is 5.97. The van der Waals surface area contributed by atoms with Crippen LogP contribution < -0.4 is 5.32 Å². The Morgan fingerprint density at radius 1 is 0.684 bits per heavy atom. The van der Waals surface area contributed by atoms with E-state index in [0.717, 1.165) is 5.92 Å². The normalized spacial score (nSPS) is 23.7. The second kappa shape index (κ2) is 9.01. The molecule has 1 saturated carbocycles. The third-order valence-corrected chi connectivity index (χ3v) is 4.39. The molecule has 0 aromatic heterocycles. The summed E-state index contributed by atoms with van der Waals surface area (Å²) in [5, 5.41) is 3.48. The summed E-state index contributed by atoms with van der Waals surface area (Å²) in [6.45, 7) is 0. The molecule has 106 valence electrons. The van der Waals surface area contributed by atoms with Crippen molar-refractivity contribution in [2.45, 2.75) is 70.6 Å². The van der Waals surface area contributed by atoms with E-state index in [1.54, 1.807) is 0 Å². The van der Waals surface area contributed by atoms with E-state index >= 15 is 0 Å². The van der Waals surface area contributed by atoms with Crippen LogP contribution in [0.4, 0.5) is 0 Å². The molecule has 0 unspecified atom stereocenters. The first-order valence-corrected chi connectivity index (χ1v) is 8.27. The standard InChI is InChI=1S/C18H29N/c1-2-4-6-9-13-17(14-10-7-5-3-1)18-15-11-8-12-16-19-18/h8,11-12,15-17,19H,1-7,9-10,13-14H2. The fourth-order valence-electron chi connectivity index (χ4n) is 3.20. The van der Waals surface area contributed by atoms with Crippen LogP contribution in [0.15, 0.2) is 36.2 Å². The minimum atomic E-state index is 0.742. The molecular formula is C18H29N. The van der Waals surface area contributed by atoms with E-state index in [2.05, 4.69) is 35.8 Å². The van der Waals surface area contributed by atoms with Gasteiger partial charge in [0.05, 0.1) is 0 Å². The molecule has 0 bridgehead atoms. The van der Waals surface area contributed by atoms with Gasteiger partial charge in [-0.2, -0.15) is 0 Å². The van der Waals surface area contributed by atoms with Crippen LogP contribution in [-0.2, 0) is 0 Å². The molecule has 2 aliphatic rings. The zero-order valence-electron chi connectivity index (χ0n) is 12.2. The van der Waals surface area contributed by atoms with Gasteiger partial charge in [-0.25, -0.2) is 0 Å².